The Morgan fingerprint density at radius 1 is 1.14 bits per heavy atom. The molecule has 2 fully saturated rings. The fraction of sp³-hybridized carbons (Fsp3) is 0.625. The fourth-order valence-corrected chi connectivity index (χ4v) is 3.39. The quantitative estimate of drug-likeness (QED) is 0.901. The molecule has 2 heterocycles. The SMILES string of the molecule is NC1(C(=O)N2CCN(Cc3ccncc3)CC2)CCCC1. The number of nitrogens with two attached hydrogens (primary N) is 1. The average Bonchev–Trinajstić information content (AvgIpc) is 2.96. The van der Waals surface area contributed by atoms with Gasteiger partial charge in [0.25, 0.3) is 0 Å². The highest BCUT2D eigenvalue weighted by Gasteiger charge is 2.40. The van der Waals surface area contributed by atoms with Gasteiger partial charge in [-0.25, -0.2) is 0 Å². The van der Waals surface area contributed by atoms with Gasteiger partial charge in [0.2, 0.25) is 5.91 Å². The summed E-state index contributed by atoms with van der Waals surface area (Å²) in [4.78, 5) is 21.0. The largest absolute Gasteiger partial charge is 0.339 e. The van der Waals surface area contributed by atoms with Crippen molar-refractivity contribution in [2.45, 2.75) is 37.8 Å². The lowest BCUT2D eigenvalue weighted by Gasteiger charge is -2.38. The van der Waals surface area contributed by atoms with E-state index in [1.54, 1.807) is 0 Å². The maximum absolute atomic E-state index is 12.6. The van der Waals surface area contributed by atoms with Crippen molar-refractivity contribution in [3.8, 4) is 0 Å². The predicted octanol–water partition coefficient (Wildman–Crippen LogP) is 0.997. The molecule has 1 aromatic heterocycles. The first-order valence-corrected chi connectivity index (χ1v) is 7.87. The Bertz CT molecular complexity index is 476. The second-order valence-corrected chi connectivity index (χ2v) is 6.29. The van der Waals surface area contributed by atoms with E-state index >= 15 is 0 Å². The van der Waals surface area contributed by atoms with Crippen LogP contribution in [0.1, 0.15) is 31.2 Å². The van der Waals surface area contributed by atoms with Crippen molar-refractivity contribution in [2.24, 2.45) is 5.73 Å². The molecule has 1 aliphatic heterocycles. The van der Waals surface area contributed by atoms with Crippen LogP contribution in [0.4, 0.5) is 0 Å². The maximum Gasteiger partial charge on any atom is 0.242 e. The zero-order valence-electron chi connectivity index (χ0n) is 12.5. The van der Waals surface area contributed by atoms with E-state index in [0.29, 0.717) is 0 Å². The molecule has 3 rings (SSSR count). The number of nitrogens with zero attached hydrogens (tertiary/aromatic N) is 3. The molecule has 1 saturated heterocycles. The first kappa shape index (κ1) is 14.5. The second-order valence-electron chi connectivity index (χ2n) is 6.29. The summed E-state index contributed by atoms with van der Waals surface area (Å²) in [6, 6.07) is 4.09. The molecule has 2 aliphatic rings. The van der Waals surface area contributed by atoms with Gasteiger partial charge in [0, 0.05) is 45.1 Å². The van der Waals surface area contributed by atoms with Crippen LogP contribution in [0, 0.1) is 0 Å². The molecule has 1 saturated carbocycles. The predicted molar refractivity (Wildman–Crippen MR) is 81.5 cm³/mol. The summed E-state index contributed by atoms with van der Waals surface area (Å²) in [7, 11) is 0. The maximum atomic E-state index is 12.6. The van der Waals surface area contributed by atoms with Gasteiger partial charge in [0.15, 0.2) is 0 Å². The van der Waals surface area contributed by atoms with Crippen molar-refractivity contribution in [3.05, 3.63) is 30.1 Å². The Hall–Kier alpha value is -1.46. The van der Waals surface area contributed by atoms with Crippen LogP contribution in [0.15, 0.2) is 24.5 Å². The van der Waals surface area contributed by atoms with E-state index in [2.05, 4.69) is 9.88 Å². The number of hydrogen-bond acceptors (Lipinski definition) is 4. The lowest BCUT2D eigenvalue weighted by molar-refractivity contribution is -0.138. The monoisotopic (exact) mass is 288 g/mol. The lowest BCUT2D eigenvalue weighted by atomic mass is 9.97. The third kappa shape index (κ3) is 3.24. The number of amides is 1. The zero-order valence-corrected chi connectivity index (χ0v) is 12.5. The van der Waals surface area contributed by atoms with Gasteiger partial charge in [0.1, 0.15) is 0 Å². The van der Waals surface area contributed by atoms with Crippen molar-refractivity contribution in [1.29, 1.82) is 0 Å². The summed E-state index contributed by atoms with van der Waals surface area (Å²) in [5.41, 5.74) is 6.98. The highest BCUT2D eigenvalue weighted by atomic mass is 16.2. The van der Waals surface area contributed by atoms with Crippen molar-refractivity contribution in [3.63, 3.8) is 0 Å². The Labute approximate surface area is 126 Å². The summed E-state index contributed by atoms with van der Waals surface area (Å²) >= 11 is 0. The number of hydrogen-bond donors (Lipinski definition) is 1. The first-order chi connectivity index (χ1) is 10.2. The topological polar surface area (TPSA) is 62.5 Å². The number of piperazine rings is 1. The van der Waals surface area contributed by atoms with Gasteiger partial charge in [-0.15, -0.1) is 0 Å². The minimum Gasteiger partial charge on any atom is -0.339 e. The smallest absolute Gasteiger partial charge is 0.242 e. The van der Waals surface area contributed by atoms with Crippen LogP contribution in [0.5, 0.6) is 0 Å². The van der Waals surface area contributed by atoms with Gasteiger partial charge in [-0.1, -0.05) is 12.8 Å². The highest BCUT2D eigenvalue weighted by molar-refractivity contribution is 5.86. The third-order valence-corrected chi connectivity index (χ3v) is 4.74. The normalized spacial score (nSPS) is 22.4. The molecular formula is C16H24N4O. The minimum atomic E-state index is -0.576. The van der Waals surface area contributed by atoms with Crippen LogP contribution in [-0.2, 0) is 11.3 Å². The van der Waals surface area contributed by atoms with E-state index in [1.165, 1.54) is 5.56 Å². The Kier molecular flexibility index (Phi) is 4.22. The molecule has 0 unspecified atom stereocenters. The average molecular weight is 288 g/mol. The molecule has 1 aliphatic carbocycles. The summed E-state index contributed by atoms with van der Waals surface area (Å²) in [5.74, 6) is 0.170. The van der Waals surface area contributed by atoms with Crippen LogP contribution < -0.4 is 5.73 Å². The van der Waals surface area contributed by atoms with Crippen LogP contribution in [0.3, 0.4) is 0 Å². The van der Waals surface area contributed by atoms with E-state index in [1.807, 2.05) is 29.4 Å². The summed E-state index contributed by atoms with van der Waals surface area (Å²) in [6.45, 7) is 4.36. The fourth-order valence-electron chi connectivity index (χ4n) is 3.39. The van der Waals surface area contributed by atoms with E-state index in [0.717, 1.165) is 58.4 Å². The first-order valence-electron chi connectivity index (χ1n) is 7.87. The number of carbonyl (C=O) groups is 1. The molecule has 5 nitrogen and oxygen atoms in total. The summed E-state index contributed by atoms with van der Waals surface area (Å²) in [6.07, 6.45) is 7.53. The number of aromatic nitrogens is 1. The number of pyridine rings is 1. The van der Waals surface area contributed by atoms with Crippen LogP contribution in [-0.4, -0.2) is 52.4 Å². The van der Waals surface area contributed by atoms with E-state index in [9.17, 15) is 4.79 Å². The molecule has 5 heteroatoms. The van der Waals surface area contributed by atoms with Crippen molar-refractivity contribution >= 4 is 5.91 Å². The van der Waals surface area contributed by atoms with Gasteiger partial charge >= 0.3 is 0 Å². The summed E-state index contributed by atoms with van der Waals surface area (Å²) < 4.78 is 0. The molecule has 0 aromatic carbocycles. The number of rotatable bonds is 3. The molecule has 1 aromatic rings. The molecule has 2 N–H and O–H groups in total. The molecule has 114 valence electrons. The van der Waals surface area contributed by atoms with Gasteiger partial charge in [-0.3, -0.25) is 14.7 Å². The van der Waals surface area contributed by atoms with Crippen LogP contribution in [0.25, 0.3) is 0 Å². The molecule has 0 spiro atoms. The van der Waals surface area contributed by atoms with Gasteiger partial charge < -0.3 is 10.6 Å². The molecule has 0 radical (unpaired) electrons. The van der Waals surface area contributed by atoms with E-state index < -0.39 is 5.54 Å². The Morgan fingerprint density at radius 3 is 2.38 bits per heavy atom. The van der Waals surface area contributed by atoms with Crippen LogP contribution >= 0.6 is 0 Å². The number of carbonyl (C=O) groups excluding carboxylic acids is 1. The molecule has 0 bridgehead atoms. The Balaban J connectivity index is 1.52. The van der Waals surface area contributed by atoms with Gasteiger partial charge in [-0.2, -0.15) is 0 Å². The Morgan fingerprint density at radius 2 is 1.76 bits per heavy atom. The van der Waals surface area contributed by atoms with E-state index in [-0.39, 0.29) is 5.91 Å². The summed E-state index contributed by atoms with van der Waals surface area (Å²) in [5, 5.41) is 0. The van der Waals surface area contributed by atoms with Gasteiger partial charge in [0.05, 0.1) is 5.54 Å². The molecular weight excluding hydrogens is 264 g/mol. The highest BCUT2D eigenvalue weighted by Crippen LogP contribution is 2.29. The molecule has 21 heavy (non-hydrogen) atoms. The zero-order chi connectivity index (χ0) is 14.7. The molecule has 1 amide bonds. The standard InChI is InChI=1S/C16H24N4O/c17-16(5-1-2-6-16)15(21)20-11-9-19(10-12-20)13-14-3-7-18-8-4-14/h3-4,7-8H,1-2,5-6,9-13,17H2. The van der Waals surface area contributed by atoms with Crippen molar-refractivity contribution < 1.29 is 4.79 Å². The van der Waals surface area contributed by atoms with Gasteiger partial charge in [-0.05, 0) is 30.5 Å². The molecule has 0 atom stereocenters. The second kappa shape index (κ2) is 6.12. The van der Waals surface area contributed by atoms with Crippen LogP contribution in [0.2, 0.25) is 0 Å². The van der Waals surface area contributed by atoms with Crippen molar-refractivity contribution in [2.75, 3.05) is 26.2 Å². The van der Waals surface area contributed by atoms with E-state index in [4.69, 9.17) is 5.73 Å². The third-order valence-electron chi connectivity index (χ3n) is 4.74. The van der Waals surface area contributed by atoms with Crippen molar-refractivity contribution in [1.82, 2.24) is 14.8 Å². The lowest BCUT2D eigenvalue weighted by Crippen LogP contribution is -2.58. The minimum absolute atomic E-state index is 0.170.